The molecule has 0 aliphatic carbocycles. The highest BCUT2D eigenvalue weighted by atomic mass is 16.3. The van der Waals surface area contributed by atoms with E-state index in [4.69, 9.17) is 10.2 Å². The second-order valence-corrected chi connectivity index (χ2v) is 1.79. The molecule has 0 aliphatic heterocycles. The molecule has 0 aromatic carbocycles. The van der Waals surface area contributed by atoms with Crippen molar-refractivity contribution in [1.29, 1.82) is 0 Å². The Kier molecular flexibility index (Phi) is 5.14. The lowest BCUT2D eigenvalue weighted by molar-refractivity contribution is 0.124. The van der Waals surface area contributed by atoms with Gasteiger partial charge in [0.15, 0.2) is 0 Å². The summed E-state index contributed by atoms with van der Waals surface area (Å²) in [5.41, 5.74) is 0. The summed E-state index contributed by atoms with van der Waals surface area (Å²) in [7, 11) is 0. The first-order valence-corrected chi connectivity index (χ1v) is 3.11. The Bertz CT molecular complexity index is 138. The zero-order chi connectivity index (χ0) is 8.69. The molecule has 64 valence electrons. The summed E-state index contributed by atoms with van der Waals surface area (Å²) in [6.45, 7) is 2.82. The first-order valence-electron chi connectivity index (χ1n) is 3.11. The highest BCUT2D eigenvalue weighted by molar-refractivity contribution is 5.73. The summed E-state index contributed by atoms with van der Waals surface area (Å²) in [6, 6.07) is -0.519. The lowest BCUT2D eigenvalue weighted by atomic mass is 10.5. The summed E-state index contributed by atoms with van der Waals surface area (Å²) >= 11 is 0. The molecule has 0 radical (unpaired) electrons. The van der Waals surface area contributed by atoms with E-state index in [-0.39, 0.29) is 6.54 Å². The average molecular weight is 160 g/mol. The van der Waals surface area contributed by atoms with Gasteiger partial charge in [0.05, 0.1) is 0 Å². The third kappa shape index (κ3) is 3.59. The molecule has 0 aromatic heterocycles. The normalized spacial score (nSPS) is 8.91. The van der Waals surface area contributed by atoms with Crippen LogP contribution in [0.2, 0.25) is 0 Å². The molecule has 3 N–H and O–H groups in total. The van der Waals surface area contributed by atoms with Crippen LogP contribution in [0.5, 0.6) is 0 Å². The van der Waals surface area contributed by atoms with Gasteiger partial charge in [-0.1, -0.05) is 6.08 Å². The minimum atomic E-state index is -0.519. The molecule has 5 nitrogen and oxygen atoms in total. The zero-order valence-electron chi connectivity index (χ0n) is 6.16. The Hall–Kier alpha value is -1.07. The summed E-state index contributed by atoms with van der Waals surface area (Å²) in [6.07, 6.45) is 1.48. The van der Waals surface area contributed by atoms with Crippen LogP contribution < -0.4 is 5.32 Å². The summed E-state index contributed by atoms with van der Waals surface area (Å²) in [4.78, 5) is 11.9. The molecular weight excluding hydrogens is 148 g/mol. The molecule has 0 atom stereocenters. The fourth-order valence-electron chi connectivity index (χ4n) is 0.540. The van der Waals surface area contributed by atoms with Gasteiger partial charge < -0.3 is 15.5 Å². The van der Waals surface area contributed by atoms with Gasteiger partial charge in [-0.05, 0) is 0 Å². The van der Waals surface area contributed by atoms with E-state index in [1.807, 2.05) is 0 Å². The number of aliphatic hydroxyl groups is 2. The molecule has 0 aromatic rings. The number of hydrogen-bond donors (Lipinski definition) is 3. The molecule has 0 bridgehead atoms. The van der Waals surface area contributed by atoms with E-state index in [2.05, 4.69) is 11.9 Å². The molecule has 5 heteroatoms. The van der Waals surface area contributed by atoms with Gasteiger partial charge in [0.1, 0.15) is 13.5 Å². The Morgan fingerprint density at radius 2 is 2.27 bits per heavy atom. The number of nitrogens with zero attached hydrogens (tertiary/aromatic N) is 1. The quantitative estimate of drug-likeness (QED) is 0.368. The van der Waals surface area contributed by atoms with Crippen LogP contribution in [0.15, 0.2) is 12.7 Å². The number of rotatable bonds is 4. The van der Waals surface area contributed by atoms with Gasteiger partial charge >= 0.3 is 6.03 Å². The number of hydrogen-bond acceptors (Lipinski definition) is 3. The lowest BCUT2D eigenvalue weighted by Crippen LogP contribution is -2.40. The third-order valence-corrected chi connectivity index (χ3v) is 1.04. The van der Waals surface area contributed by atoms with Gasteiger partial charge in [0.25, 0.3) is 0 Å². The maximum atomic E-state index is 10.8. The molecule has 0 aliphatic rings. The van der Waals surface area contributed by atoms with Crippen LogP contribution in [-0.2, 0) is 0 Å². The first kappa shape index (κ1) is 9.93. The van der Waals surface area contributed by atoms with Crippen molar-refractivity contribution in [2.24, 2.45) is 0 Å². The average Bonchev–Trinajstić information content (AvgIpc) is 2.00. The largest absolute Gasteiger partial charge is 0.376 e. The van der Waals surface area contributed by atoms with Crippen LogP contribution in [-0.4, -0.2) is 41.2 Å². The second kappa shape index (κ2) is 5.70. The molecule has 0 heterocycles. The van der Waals surface area contributed by atoms with E-state index in [1.165, 1.54) is 6.08 Å². The van der Waals surface area contributed by atoms with Crippen LogP contribution in [0.3, 0.4) is 0 Å². The molecule has 0 spiro atoms. The van der Waals surface area contributed by atoms with E-state index in [0.29, 0.717) is 0 Å². The molecule has 0 saturated heterocycles. The molecule has 2 amide bonds. The SMILES string of the molecule is C=CCN(CO)C(=O)NCO. The van der Waals surface area contributed by atoms with Crippen LogP contribution in [0.25, 0.3) is 0 Å². The zero-order valence-corrected chi connectivity index (χ0v) is 6.16. The highest BCUT2D eigenvalue weighted by Gasteiger charge is 2.07. The van der Waals surface area contributed by atoms with Crippen LogP contribution in [0.1, 0.15) is 0 Å². The number of urea groups is 1. The fourth-order valence-corrected chi connectivity index (χ4v) is 0.540. The molecule has 0 saturated carbocycles. The number of carbonyl (C=O) groups excluding carboxylic acids is 1. The van der Waals surface area contributed by atoms with Gasteiger partial charge in [0.2, 0.25) is 0 Å². The first-order chi connectivity index (χ1) is 5.26. The lowest BCUT2D eigenvalue weighted by Gasteiger charge is -2.17. The van der Waals surface area contributed by atoms with E-state index in [0.717, 1.165) is 4.90 Å². The van der Waals surface area contributed by atoms with Gasteiger partial charge in [-0.2, -0.15) is 0 Å². The van der Waals surface area contributed by atoms with Crippen LogP contribution in [0.4, 0.5) is 4.79 Å². The number of nitrogens with one attached hydrogen (secondary N) is 1. The van der Waals surface area contributed by atoms with Crippen molar-refractivity contribution in [1.82, 2.24) is 10.2 Å². The summed E-state index contributed by atoms with van der Waals surface area (Å²) in [5.74, 6) is 0. The Morgan fingerprint density at radius 3 is 2.64 bits per heavy atom. The number of aliphatic hydroxyl groups excluding tert-OH is 2. The number of carbonyl (C=O) groups is 1. The molecule has 0 fully saturated rings. The standard InChI is InChI=1S/C6H12N2O3/c1-2-3-8(5-10)6(11)7-4-9/h2,9-10H,1,3-5H2,(H,7,11). The highest BCUT2D eigenvalue weighted by Crippen LogP contribution is 1.86. The van der Waals surface area contributed by atoms with Crippen molar-refractivity contribution < 1.29 is 15.0 Å². The van der Waals surface area contributed by atoms with Crippen molar-refractivity contribution in [2.45, 2.75) is 0 Å². The van der Waals surface area contributed by atoms with Crippen LogP contribution >= 0.6 is 0 Å². The van der Waals surface area contributed by atoms with E-state index in [9.17, 15) is 4.79 Å². The van der Waals surface area contributed by atoms with E-state index < -0.39 is 19.5 Å². The Morgan fingerprint density at radius 1 is 1.64 bits per heavy atom. The van der Waals surface area contributed by atoms with Gasteiger partial charge in [-0.25, -0.2) is 4.79 Å². The van der Waals surface area contributed by atoms with Gasteiger partial charge in [-0.15, -0.1) is 6.58 Å². The minimum absolute atomic E-state index is 0.252. The van der Waals surface area contributed by atoms with Crippen molar-refractivity contribution in [3.8, 4) is 0 Å². The maximum Gasteiger partial charge on any atom is 0.321 e. The molecule has 11 heavy (non-hydrogen) atoms. The van der Waals surface area contributed by atoms with Crippen molar-refractivity contribution in [3.63, 3.8) is 0 Å². The summed E-state index contributed by atoms with van der Waals surface area (Å²) < 4.78 is 0. The minimum Gasteiger partial charge on any atom is -0.376 e. The monoisotopic (exact) mass is 160 g/mol. The predicted octanol–water partition coefficient (Wildman–Crippen LogP) is -0.916. The topological polar surface area (TPSA) is 72.8 Å². The third-order valence-electron chi connectivity index (χ3n) is 1.04. The van der Waals surface area contributed by atoms with Crippen molar-refractivity contribution in [2.75, 3.05) is 20.0 Å². The predicted molar refractivity (Wildman–Crippen MR) is 39.6 cm³/mol. The van der Waals surface area contributed by atoms with Gasteiger partial charge in [-0.3, -0.25) is 4.90 Å². The van der Waals surface area contributed by atoms with Crippen molar-refractivity contribution in [3.05, 3.63) is 12.7 Å². The van der Waals surface area contributed by atoms with Crippen LogP contribution in [0, 0.1) is 0 Å². The second-order valence-electron chi connectivity index (χ2n) is 1.79. The number of amides is 2. The van der Waals surface area contributed by atoms with Gasteiger partial charge in [0, 0.05) is 6.54 Å². The Labute approximate surface area is 64.9 Å². The Balaban J connectivity index is 3.80. The van der Waals surface area contributed by atoms with Crippen molar-refractivity contribution >= 4 is 6.03 Å². The van der Waals surface area contributed by atoms with E-state index >= 15 is 0 Å². The fraction of sp³-hybridized carbons (Fsp3) is 0.500. The molecule has 0 rings (SSSR count). The maximum absolute atomic E-state index is 10.8. The smallest absolute Gasteiger partial charge is 0.321 e. The molecular formula is C6H12N2O3. The van der Waals surface area contributed by atoms with E-state index in [1.54, 1.807) is 0 Å². The molecule has 0 unspecified atom stereocenters. The summed E-state index contributed by atoms with van der Waals surface area (Å²) in [5, 5.41) is 19.0.